The molecular weight excluding hydrogens is 191 g/mol. The molecule has 0 saturated carbocycles. The molecule has 7 heteroatoms. The smallest absolute Gasteiger partial charge is 0.401 e. The topological polar surface area (TPSA) is 26.3 Å². The molecule has 0 bridgehead atoms. The maximum absolute atomic E-state index is 11.8. The number of carbonyl (C=O) groups excluding carboxylic acids is 1. The van der Waals surface area contributed by atoms with E-state index < -0.39 is 24.4 Å². The fourth-order valence-electron chi connectivity index (χ4n) is 0.235. The van der Waals surface area contributed by atoms with E-state index in [1.165, 1.54) is 0 Å². The average molecular weight is 195 g/mol. The van der Waals surface area contributed by atoms with Gasteiger partial charge in [0.05, 0.1) is 0 Å². The standard InChI is InChI=1S/C4H3ClF4O2/c5-1-11-3(10)4(8,9)2(6)7/h2H,1H2. The zero-order valence-electron chi connectivity index (χ0n) is 4.99. The lowest BCUT2D eigenvalue weighted by Crippen LogP contribution is -2.37. The fraction of sp³-hybridized carbons (Fsp3) is 0.750. The highest BCUT2D eigenvalue weighted by Crippen LogP contribution is 2.24. The summed E-state index contributed by atoms with van der Waals surface area (Å²) in [6.45, 7) is 0. The first-order valence-electron chi connectivity index (χ1n) is 2.32. The van der Waals surface area contributed by atoms with E-state index in [0.29, 0.717) is 0 Å². The highest BCUT2D eigenvalue weighted by molar-refractivity contribution is 6.17. The van der Waals surface area contributed by atoms with E-state index in [0.717, 1.165) is 0 Å². The molecule has 66 valence electrons. The molecule has 0 atom stereocenters. The van der Waals surface area contributed by atoms with Crippen molar-refractivity contribution in [1.82, 2.24) is 0 Å². The number of esters is 1. The third kappa shape index (κ3) is 2.53. The Morgan fingerprint density at radius 1 is 1.55 bits per heavy atom. The van der Waals surface area contributed by atoms with Crippen LogP contribution in [-0.4, -0.2) is 24.4 Å². The molecule has 0 heterocycles. The SMILES string of the molecule is O=C(OCCl)C(F)(F)C(F)F. The molecule has 0 fully saturated rings. The highest BCUT2D eigenvalue weighted by atomic mass is 35.5. The van der Waals surface area contributed by atoms with Crippen molar-refractivity contribution in [1.29, 1.82) is 0 Å². The maximum atomic E-state index is 11.8. The van der Waals surface area contributed by atoms with Crippen molar-refractivity contribution < 1.29 is 27.1 Å². The van der Waals surface area contributed by atoms with E-state index in [2.05, 4.69) is 16.3 Å². The van der Waals surface area contributed by atoms with Crippen LogP contribution in [0.2, 0.25) is 0 Å². The molecule has 2 nitrogen and oxygen atoms in total. The number of rotatable bonds is 3. The van der Waals surface area contributed by atoms with Crippen LogP contribution in [-0.2, 0) is 9.53 Å². The van der Waals surface area contributed by atoms with Gasteiger partial charge in [-0.25, -0.2) is 13.6 Å². The molecule has 11 heavy (non-hydrogen) atoms. The summed E-state index contributed by atoms with van der Waals surface area (Å²) in [7, 11) is 0. The Morgan fingerprint density at radius 3 is 2.27 bits per heavy atom. The van der Waals surface area contributed by atoms with Crippen LogP contribution in [0.4, 0.5) is 17.6 Å². The van der Waals surface area contributed by atoms with Gasteiger partial charge >= 0.3 is 18.3 Å². The zero-order valence-corrected chi connectivity index (χ0v) is 5.75. The Hall–Kier alpha value is -0.520. The molecule has 0 aliphatic heterocycles. The van der Waals surface area contributed by atoms with Crippen LogP contribution in [0.15, 0.2) is 0 Å². The zero-order chi connectivity index (χ0) is 9.07. The summed E-state index contributed by atoms with van der Waals surface area (Å²) in [4.78, 5) is 9.97. The van der Waals surface area contributed by atoms with Gasteiger partial charge in [0.2, 0.25) is 0 Å². The van der Waals surface area contributed by atoms with Gasteiger partial charge in [-0.3, -0.25) is 0 Å². The minimum absolute atomic E-state index is 0.874. The van der Waals surface area contributed by atoms with Crippen LogP contribution in [0.5, 0.6) is 0 Å². The Labute approximate surface area is 64.1 Å². The molecule has 0 saturated heterocycles. The minimum Gasteiger partial charge on any atom is -0.445 e. The van der Waals surface area contributed by atoms with Gasteiger partial charge in [-0.1, -0.05) is 11.6 Å². The van der Waals surface area contributed by atoms with Crippen molar-refractivity contribution in [2.24, 2.45) is 0 Å². The van der Waals surface area contributed by atoms with Crippen LogP contribution < -0.4 is 0 Å². The van der Waals surface area contributed by atoms with Gasteiger partial charge in [-0.15, -0.1) is 0 Å². The molecule has 0 spiro atoms. The van der Waals surface area contributed by atoms with Crippen LogP contribution >= 0.6 is 11.6 Å². The predicted octanol–water partition coefficient (Wildman–Crippen LogP) is 1.63. The number of carbonyl (C=O) groups is 1. The number of hydrogen-bond donors (Lipinski definition) is 0. The molecule has 0 amide bonds. The van der Waals surface area contributed by atoms with Crippen LogP contribution in [0.1, 0.15) is 0 Å². The van der Waals surface area contributed by atoms with Gasteiger partial charge in [0.15, 0.2) is 6.07 Å². The van der Waals surface area contributed by atoms with Crippen molar-refractivity contribution >= 4 is 17.6 Å². The largest absolute Gasteiger partial charge is 0.445 e. The van der Waals surface area contributed by atoms with Gasteiger partial charge in [0.1, 0.15) is 0 Å². The molecular formula is C4H3ClF4O2. The molecule has 0 rings (SSSR count). The first-order valence-corrected chi connectivity index (χ1v) is 2.85. The van der Waals surface area contributed by atoms with Crippen molar-refractivity contribution in [2.45, 2.75) is 12.3 Å². The number of hydrogen-bond acceptors (Lipinski definition) is 2. The Morgan fingerprint density at radius 2 is 2.00 bits per heavy atom. The second-order valence-electron chi connectivity index (χ2n) is 1.46. The summed E-state index contributed by atoms with van der Waals surface area (Å²) in [5, 5.41) is 0. The summed E-state index contributed by atoms with van der Waals surface area (Å²) in [5.41, 5.74) is 0. The summed E-state index contributed by atoms with van der Waals surface area (Å²) >= 11 is 4.69. The van der Waals surface area contributed by atoms with Crippen LogP contribution in [0, 0.1) is 0 Å². The molecule has 0 aromatic carbocycles. The van der Waals surface area contributed by atoms with E-state index >= 15 is 0 Å². The van der Waals surface area contributed by atoms with Gasteiger partial charge < -0.3 is 4.74 Å². The predicted molar refractivity (Wildman–Crippen MR) is 27.8 cm³/mol. The van der Waals surface area contributed by atoms with E-state index in [1.54, 1.807) is 0 Å². The van der Waals surface area contributed by atoms with Crippen molar-refractivity contribution in [3.05, 3.63) is 0 Å². The molecule has 0 aliphatic carbocycles. The average Bonchev–Trinajstić information content (AvgIpc) is 1.88. The van der Waals surface area contributed by atoms with Crippen molar-refractivity contribution in [3.63, 3.8) is 0 Å². The van der Waals surface area contributed by atoms with Crippen molar-refractivity contribution in [3.8, 4) is 0 Å². The Kier molecular flexibility index (Phi) is 3.57. The fourth-order valence-corrected chi connectivity index (χ4v) is 0.334. The second-order valence-corrected chi connectivity index (χ2v) is 1.68. The molecule has 0 N–H and O–H groups in total. The monoisotopic (exact) mass is 194 g/mol. The van der Waals surface area contributed by atoms with Gasteiger partial charge in [-0.05, 0) is 0 Å². The molecule has 0 aliphatic rings. The van der Waals surface area contributed by atoms with Gasteiger partial charge in [0, 0.05) is 0 Å². The second kappa shape index (κ2) is 3.75. The quantitative estimate of drug-likeness (QED) is 0.388. The number of halogens is 5. The van der Waals surface area contributed by atoms with Crippen LogP contribution in [0.3, 0.4) is 0 Å². The third-order valence-electron chi connectivity index (χ3n) is 0.732. The van der Waals surface area contributed by atoms with Gasteiger partial charge in [-0.2, -0.15) is 8.78 Å². The van der Waals surface area contributed by atoms with Crippen molar-refractivity contribution in [2.75, 3.05) is 6.07 Å². The molecule has 0 unspecified atom stereocenters. The summed E-state index contributed by atoms with van der Waals surface area (Å²) in [5.74, 6) is -7.09. The Bertz CT molecular complexity index is 149. The molecule has 0 aromatic rings. The van der Waals surface area contributed by atoms with Gasteiger partial charge in [0.25, 0.3) is 0 Å². The molecule has 0 radical (unpaired) electrons. The first-order chi connectivity index (χ1) is 4.92. The van der Waals surface area contributed by atoms with E-state index in [-0.39, 0.29) is 0 Å². The number of ether oxygens (including phenoxy) is 1. The summed E-state index contributed by atoms with van der Waals surface area (Å²) < 4.78 is 49.7. The molecule has 0 aromatic heterocycles. The highest BCUT2D eigenvalue weighted by Gasteiger charge is 2.50. The lowest BCUT2D eigenvalue weighted by molar-refractivity contribution is -0.192. The minimum atomic E-state index is -4.77. The van der Waals surface area contributed by atoms with E-state index in [4.69, 9.17) is 0 Å². The third-order valence-corrected chi connectivity index (χ3v) is 0.841. The summed E-state index contributed by atoms with van der Waals surface area (Å²) in [6.07, 6.45) is -4.07. The Balaban J connectivity index is 4.18. The number of alkyl halides is 5. The van der Waals surface area contributed by atoms with Crippen LogP contribution in [0.25, 0.3) is 0 Å². The maximum Gasteiger partial charge on any atom is 0.401 e. The lowest BCUT2D eigenvalue weighted by atomic mass is 10.4. The lowest BCUT2D eigenvalue weighted by Gasteiger charge is -2.11. The first kappa shape index (κ1) is 10.5. The van der Waals surface area contributed by atoms with E-state index in [1.807, 2.05) is 0 Å². The van der Waals surface area contributed by atoms with E-state index in [9.17, 15) is 22.4 Å². The summed E-state index contributed by atoms with van der Waals surface area (Å²) in [6, 6.07) is -0.874. The normalized spacial score (nSPS) is 11.8.